The summed E-state index contributed by atoms with van der Waals surface area (Å²) in [4.78, 5) is 75.8. The zero-order chi connectivity index (χ0) is 48.8. The Morgan fingerprint density at radius 2 is 1.24 bits per heavy atom. The van der Waals surface area contributed by atoms with Crippen LogP contribution in [0.3, 0.4) is 0 Å². The maximum absolute atomic E-state index is 14.8. The summed E-state index contributed by atoms with van der Waals surface area (Å²) in [5, 5.41) is 16.0. The standard InChI is InChI=1S/C25H27ClFN5O3.C24H25ClFN5O2/c1-12(2)17-19(14(4)6-8-28-17)32-22-15(9-16(27)21(26)30-22)20-18(23(32)34)29-24(35)25(11-33)7-5-13(3)10-31(20)25;1-11(2)17-19(13(4)7-8-27-17)31-22-14(9-15(26)21(25)29-22)20-18(24(31)33)28-23(32)16-6-5-12(3)10-30(16)20/h6,8-9,12-13,33H,5,7,10-11H2,1-4H3,(H,29,35);7-9,11-12,16H,5-6,10H2,1-4H3,(H,28,32)/t13-,25-;12-,16+/m00/s1. The number of carbonyl (C=O) groups is 2. The van der Waals surface area contributed by atoms with Gasteiger partial charge < -0.3 is 25.5 Å². The average Bonchev–Trinajstić information content (AvgIpc) is 3.29. The number of hydrogen-bond acceptors (Lipinski definition) is 11. The Hall–Kier alpha value is -6.04. The highest BCUT2D eigenvalue weighted by molar-refractivity contribution is 6.30. The summed E-state index contributed by atoms with van der Waals surface area (Å²) in [5.74, 6) is -1.57. The molecule has 19 heteroatoms. The molecule has 0 spiro atoms. The highest BCUT2D eigenvalue weighted by Gasteiger charge is 2.52. The summed E-state index contributed by atoms with van der Waals surface area (Å²) in [6, 6.07) is 5.75. The number of fused-ring (bicyclic) bond motifs is 10. The molecule has 2 amide bonds. The van der Waals surface area contributed by atoms with Crippen molar-refractivity contribution in [2.75, 3.05) is 40.1 Å². The van der Waals surface area contributed by atoms with Crippen LogP contribution in [0.4, 0.5) is 31.5 Å². The molecule has 10 rings (SSSR count). The van der Waals surface area contributed by atoms with E-state index in [1.165, 1.54) is 21.3 Å². The lowest BCUT2D eigenvalue weighted by atomic mass is 9.80. The lowest BCUT2D eigenvalue weighted by Crippen LogP contribution is -2.66. The number of nitrogens with one attached hydrogen (secondary N) is 2. The van der Waals surface area contributed by atoms with E-state index in [2.05, 4.69) is 37.5 Å². The van der Waals surface area contributed by atoms with Gasteiger partial charge in [0.1, 0.15) is 23.0 Å². The number of pyridine rings is 6. The summed E-state index contributed by atoms with van der Waals surface area (Å²) in [5.41, 5.74) is 3.30. The molecule has 4 aliphatic rings. The second-order valence-electron chi connectivity index (χ2n) is 19.3. The number of aliphatic hydroxyl groups is 1. The quantitative estimate of drug-likeness (QED) is 0.141. The maximum atomic E-state index is 14.8. The third kappa shape index (κ3) is 7.39. The Morgan fingerprint density at radius 1 is 0.735 bits per heavy atom. The molecule has 0 bridgehead atoms. The van der Waals surface area contributed by atoms with Crippen LogP contribution in [0.1, 0.15) is 102 Å². The van der Waals surface area contributed by atoms with Crippen molar-refractivity contribution < 1.29 is 23.5 Å². The van der Waals surface area contributed by atoms with Crippen LogP contribution in [0, 0.1) is 37.3 Å². The number of amides is 2. The van der Waals surface area contributed by atoms with Crippen LogP contribution < -0.4 is 31.6 Å². The van der Waals surface area contributed by atoms with Gasteiger partial charge in [-0.15, -0.1) is 0 Å². The molecule has 0 saturated carbocycles. The van der Waals surface area contributed by atoms with Crippen molar-refractivity contribution in [3.63, 3.8) is 0 Å². The number of piperidine rings is 2. The molecule has 68 heavy (non-hydrogen) atoms. The summed E-state index contributed by atoms with van der Waals surface area (Å²) in [6.45, 7) is 16.4. The number of hydrogen-bond donors (Lipinski definition) is 3. The van der Waals surface area contributed by atoms with E-state index in [0.717, 1.165) is 24.0 Å². The van der Waals surface area contributed by atoms with Crippen LogP contribution in [0.2, 0.25) is 10.3 Å². The lowest BCUT2D eigenvalue weighted by Gasteiger charge is -2.51. The summed E-state index contributed by atoms with van der Waals surface area (Å²) >= 11 is 12.2. The summed E-state index contributed by atoms with van der Waals surface area (Å²) in [7, 11) is 0. The van der Waals surface area contributed by atoms with E-state index in [9.17, 15) is 33.1 Å². The lowest BCUT2D eigenvalue weighted by molar-refractivity contribution is -0.124. The largest absolute Gasteiger partial charge is 0.393 e. The zero-order valence-electron chi connectivity index (χ0n) is 39.0. The number of rotatable bonds is 5. The molecule has 0 radical (unpaired) electrons. The van der Waals surface area contributed by atoms with Gasteiger partial charge in [-0.1, -0.05) is 64.7 Å². The van der Waals surface area contributed by atoms with Gasteiger partial charge in [-0.05, 0) is 98.6 Å². The molecule has 356 valence electrons. The minimum absolute atomic E-state index is 0.00992. The number of carbonyl (C=O) groups excluding carboxylic acids is 2. The van der Waals surface area contributed by atoms with E-state index in [0.29, 0.717) is 76.8 Å². The van der Waals surface area contributed by atoms with E-state index in [1.54, 1.807) is 23.4 Å². The summed E-state index contributed by atoms with van der Waals surface area (Å²) < 4.78 is 32.4. The second-order valence-corrected chi connectivity index (χ2v) is 20.0. The van der Waals surface area contributed by atoms with Crippen LogP contribution in [0.5, 0.6) is 0 Å². The van der Waals surface area contributed by atoms with Gasteiger partial charge in [-0.25, -0.2) is 18.7 Å². The fourth-order valence-electron chi connectivity index (χ4n) is 10.4. The molecule has 6 aromatic rings. The van der Waals surface area contributed by atoms with Gasteiger partial charge in [-0.2, -0.15) is 0 Å². The molecule has 0 aliphatic carbocycles. The third-order valence-corrected chi connectivity index (χ3v) is 14.4. The maximum Gasteiger partial charge on any atom is 0.282 e. The van der Waals surface area contributed by atoms with Crippen molar-refractivity contribution >= 4 is 79.8 Å². The molecular weight excluding hydrogens is 918 g/mol. The van der Waals surface area contributed by atoms with Crippen LogP contribution in [0.15, 0.2) is 46.2 Å². The minimum Gasteiger partial charge on any atom is -0.393 e. The smallest absolute Gasteiger partial charge is 0.282 e. The average molecular weight is 970 g/mol. The highest BCUT2D eigenvalue weighted by atomic mass is 35.5. The molecule has 15 nitrogen and oxygen atoms in total. The predicted molar refractivity (Wildman–Crippen MR) is 260 cm³/mol. The zero-order valence-corrected chi connectivity index (χ0v) is 40.5. The van der Waals surface area contributed by atoms with Gasteiger partial charge in [-0.3, -0.25) is 38.3 Å². The van der Waals surface area contributed by atoms with Crippen LogP contribution in [-0.4, -0.2) is 77.3 Å². The molecule has 2 fully saturated rings. The highest BCUT2D eigenvalue weighted by Crippen LogP contribution is 2.47. The second kappa shape index (κ2) is 17.5. The summed E-state index contributed by atoms with van der Waals surface area (Å²) in [6.07, 6.45) is 6.08. The monoisotopic (exact) mass is 968 g/mol. The molecule has 4 atom stereocenters. The Bertz CT molecular complexity index is 3230. The van der Waals surface area contributed by atoms with Gasteiger partial charge in [0, 0.05) is 36.3 Å². The van der Waals surface area contributed by atoms with E-state index in [4.69, 9.17) is 23.2 Å². The number of aliphatic hydroxyl groups excluding tert-OH is 1. The molecule has 10 heterocycles. The number of aromatic nitrogens is 6. The Labute approximate surface area is 400 Å². The predicted octanol–water partition coefficient (Wildman–Crippen LogP) is 8.49. The van der Waals surface area contributed by atoms with Gasteiger partial charge >= 0.3 is 0 Å². The van der Waals surface area contributed by atoms with Crippen molar-refractivity contribution in [1.82, 2.24) is 29.1 Å². The SMILES string of the molecule is Cc1ccnc(C(C)C)c1-n1c(=O)c2c(c3cc(F)c(Cl)nc31)N1C[C@@H](C)CC[C@@H]1C(=O)N2.Cc1ccnc(C(C)C)c1-n1c(=O)c2c(c3cc(F)c(Cl)nc31)N1C[C@@H](C)CC[C@]1(CO)C(=O)N2. The van der Waals surface area contributed by atoms with Crippen molar-refractivity contribution in [1.29, 1.82) is 0 Å². The first-order valence-corrected chi connectivity index (χ1v) is 23.6. The Balaban J connectivity index is 0.000000170. The van der Waals surface area contributed by atoms with E-state index in [-0.39, 0.29) is 56.6 Å². The number of halogens is 4. The van der Waals surface area contributed by atoms with Gasteiger partial charge in [0.15, 0.2) is 33.2 Å². The van der Waals surface area contributed by atoms with Crippen LogP contribution in [0.25, 0.3) is 33.4 Å². The van der Waals surface area contributed by atoms with Gasteiger partial charge in [0.05, 0.1) is 40.7 Å². The molecule has 2 saturated heterocycles. The van der Waals surface area contributed by atoms with Crippen molar-refractivity contribution in [3.8, 4) is 11.4 Å². The fourth-order valence-corrected chi connectivity index (χ4v) is 10.6. The van der Waals surface area contributed by atoms with E-state index < -0.39 is 46.8 Å². The number of nitrogens with zero attached hydrogens (tertiary/aromatic N) is 8. The normalized spacial score (nSPS) is 21.0. The first-order valence-electron chi connectivity index (χ1n) is 22.9. The first kappa shape index (κ1) is 47.0. The Morgan fingerprint density at radius 3 is 1.75 bits per heavy atom. The van der Waals surface area contributed by atoms with Gasteiger partial charge in [0.25, 0.3) is 17.0 Å². The van der Waals surface area contributed by atoms with Crippen LogP contribution >= 0.6 is 23.2 Å². The fraction of sp³-hybridized carbons (Fsp3) is 0.429. The molecular formula is C49H52Cl2F2N10O5. The number of aryl methyl sites for hydroxylation is 2. The minimum atomic E-state index is -1.24. The Kier molecular flexibility index (Phi) is 12.1. The van der Waals surface area contributed by atoms with E-state index in [1.807, 2.05) is 59.4 Å². The van der Waals surface area contributed by atoms with Gasteiger partial charge in [0.2, 0.25) is 5.91 Å². The van der Waals surface area contributed by atoms with Crippen molar-refractivity contribution in [3.05, 3.63) is 102 Å². The molecule has 3 N–H and O–H groups in total. The first-order chi connectivity index (χ1) is 32.3. The topological polar surface area (TPSA) is 180 Å². The third-order valence-electron chi connectivity index (χ3n) is 13.8. The van der Waals surface area contributed by atoms with E-state index >= 15 is 0 Å². The molecule has 0 unspecified atom stereocenters. The van der Waals surface area contributed by atoms with Crippen LogP contribution in [-0.2, 0) is 9.59 Å². The number of anilines is 4. The molecule has 0 aromatic carbocycles. The van der Waals surface area contributed by atoms with Crippen molar-refractivity contribution in [2.24, 2.45) is 11.8 Å². The molecule has 4 aliphatic heterocycles. The molecule has 6 aromatic heterocycles. The van der Waals surface area contributed by atoms with Crippen molar-refractivity contribution in [2.45, 2.75) is 104 Å².